The molecular formula is C9H7N5. The number of hydrogen-bond donors (Lipinski definition) is 1. The zero-order valence-corrected chi connectivity index (χ0v) is 7.25. The molecule has 0 unspecified atom stereocenters. The number of nitriles is 1. The van der Waals surface area contributed by atoms with Gasteiger partial charge in [0.25, 0.3) is 0 Å². The number of nitrogens with zero attached hydrogens (tertiary/aromatic N) is 4. The van der Waals surface area contributed by atoms with E-state index in [-0.39, 0.29) is 0 Å². The zero-order valence-electron chi connectivity index (χ0n) is 7.25. The van der Waals surface area contributed by atoms with Crippen LogP contribution in [0.4, 0.5) is 5.82 Å². The first kappa shape index (κ1) is 8.26. The van der Waals surface area contributed by atoms with Crippen molar-refractivity contribution < 1.29 is 0 Å². The number of anilines is 1. The Labute approximate surface area is 80.4 Å². The average molecular weight is 185 g/mol. The Morgan fingerprint density at radius 1 is 1.36 bits per heavy atom. The minimum absolute atomic E-state index is 0.329. The summed E-state index contributed by atoms with van der Waals surface area (Å²) >= 11 is 0. The van der Waals surface area contributed by atoms with Gasteiger partial charge in [0.15, 0.2) is 0 Å². The molecule has 5 nitrogen and oxygen atoms in total. The van der Waals surface area contributed by atoms with Gasteiger partial charge in [-0.2, -0.15) is 5.26 Å². The molecular weight excluding hydrogens is 178 g/mol. The summed E-state index contributed by atoms with van der Waals surface area (Å²) in [6.07, 6.45) is 4.86. The maximum Gasteiger partial charge on any atom is 0.217 e. The molecule has 2 rings (SSSR count). The Morgan fingerprint density at radius 3 is 2.93 bits per heavy atom. The van der Waals surface area contributed by atoms with E-state index in [0.29, 0.717) is 11.6 Å². The van der Waals surface area contributed by atoms with Gasteiger partial charge in [-0.15, -0.1) is 0 Å². The fourth-order valence-corrected chi connectivity index (χ4v) is 1.18. The van der Waals surface area contributed by atoms with Crippen molar-refractivity contribution in [2.24, 2.45) is 0 Å². The minimum atomic E-state index is 0.329. The highest BCUT2D eigenvalue weighted by Gasteiger charge is 2.03. The predicted molar refractivity (Wildman–Crippen MR) is 50.5 cm³/mol. The molecule has 0 radical (unpaired) electrons. The summed E-state index contributed by atoms with van der Waals surface area (Å²) in [5.41, 5.74) is 6.31. The van der Waals surface area contributed by atoms with E-state index in [4.69, 9.17) is 11.0 Å². The van der Waals surface area contributed by atoms with E-state index in [9.17, 15) is 0 Å². The highest BCUT2D eigenvalue weighted by atomic mass is 15.1. The SMILES string of the molecule is N#Cc1nccn1-c1ccnc(N)c1. The summed E-state index contributed by atoms with van der Waals surface area (Å²) < 4.78 is 1.65. The van der Waals surface area contributed by atoms with Crippen LogP contribution in [0.1, 0.15) is 5.82 Å². The van der Waals surface area contributed by atoms with Crippen molar-refractivity contribution in [3.8, 4) is 11.8 Å². The molecule has 0 aliphatic rings. The van der Waals surface area contributed by atoms with Crippen molar-refractivity contribution >= 4 is 5.82 Å². The molecule has 2 aromatic rings. The molecule has 0 aliphatic heterocycles. The Bertz CT molecular complexity index is 494. The van der Waals surface area contributed by atoms with Gasteiger partial charge in [-0.3, -0.25) is 4.57 Å². The van der Waals surface area contributed by atoms with Gasteiger partial charge in [0.2, 0.25) is 5.82 Å². The largest absolute Gasteiger partial charge is 0.384 e. The summed E-state index contributed by atoms with van der Waals surface area (Å²) in [4.78, 5) is 7.75. The van der Waals surface area contributed by atoms with E-state index in [1.165, 1.54) is 0 Å². The summed E-state index contributed by atoms with van der Waals surface area (Å²) in [5.74, 6) is 0.746. The van der Waals surface area contributed by atoms with Crippen molar-refractivity contribution in [3.05, 3.63) is 36.5 Å². The van der Waals surface area contributed by atoms with E-state index in [2.05, 4.69) is 9.97 Å². The summed E-state index contributed by atoms with van der Waals surface area (Å²) in [6.45, 7) is 0. The normalized spacial score (nSPS) is 9.64. The van der Waals surface area contributed by atoms with Crippen molar-refractivity contribution in [1.82, 2.24) is 14.5 Å². The van der Waals surface area contributed by atoms with E-state index >= 15 is 0 Å². The minimum Gasteiger partial charge on any atom is -0.384 e. The second-order valence-corrected chi connectivity index (χ2v) is 2.67. The Balaban J connectivity index is 2.56. The van der Waals surface area contributed by atoms with E-state index in [1.54, 1.807) is 35.3 Å². The molecule has 5 heteroatoms. The number of imidazole rings is 1. The Hall–Kier alpha value is -2.35. The van der Waals surface area contributed by atoms with Crippen LogP contribution in [0.25, 0.3) is 5.69 Å². The molecule has 2 N–H and O–H groups in total. The molecule has 0 bridgehead atoms. The van der Waals surface area contributed by atoms with Crippen LogP contribution in [0.2, 0.25) is 0 Å². The predicted octanol–water partition coefficient (Wildman–Crippen LogP) is 0.721. The molecule has 2 heterocycles. The van der Waals surface area contributed by atoms with Gasteiger partial charge in [0.1, 0.15) is 11.9 Å². The lowest BCUT2D eigenvalue weighted by molar-refractivity contribution is 1.01. The molecule has 68 valence electrons. The van der Waals surface area contributed by atoms with Gasteiger partial charge in [-0.1, -0.05) is 0 Å². The number of rotatable bonds is 1. The first-order chi connectivity index (χ1) is 6.81. The lowest BCUT2D eigenvalue weighted by Gasteiger charge is -2.02. The molecule has 0 amide bonds. The van der Waals surface area contributed by atoms with Crippen LogP contribution < -0.4 is 5.73 Å². The van der Waals surface area contributed by atoms with Crippen LogP contribution in [-0.2, 0) is 0 Å². The number of aromatic nitrogens is 3. The summed E-state index contributed by atoms with van der Waals surface area (Å²) in [6, 6.07) is 5.43. The van der Waals surface area contributed by atoms with Crippen LogP contribution in [0, 0.1) is 11.3 Å². The second-order valence-electron chi connectivity index (χ2n) is 2.67. The number of nitrogen functional groups attached to an aromatic ring is 1. The number of hydrogen-bond acceptors (Lipinski definition) is 4. The van der Waals surface area contributed by atoms with E-state index in [0.717, 1.165) is 5.69 Å². The first-order valence-electron chi connectivity index (χ1n) is 3.96. The summed E-state index contributed by atoms with van der Waals surface area (Å²) in [5, 5.41) is 8.76. The molecule has 0 fully saturated rings. The molecule has 0 saturated carbocycles. The third kappa shape index (κ3) is 1.29. The first-order valence-corrected chi connectivity index (χ1v) is 3.96. The highest BCUT2D eigenvalue weighted by Crippen LogP contribution is 2.11. The molecule has 0 atom stereocenters. The van der Waals surface area contributed by atoms with Crippen LogP contribution in [0.15, 0.2) is 30.7 Å². The van der Waals surface area contributed by atoms with Gasteiger partial charge < -0.3 is 5.73 Å². The third-order valence-corrected chi connectivity index (χ3v) is 1.78. The molecule has 0 aromatic carbocycles. The molecule has 0 aliphatic carbocycles. The van der Waals surface area contributed by atoms with Gasteiger partial charge in [0.05, 0.1) is 5.69 Å². The van der Waals surface area contributed by atoms with Crippen LogP contribution in [0.5, 0.6) is 0 Å². The maximum absolute atomic E-state index is 8.76. The number of pyridine rings is 1. The average Bonchev–Trinajstić information content (AvgIpc) is 2.65. The second kappa shape index (κ2) is 3.18. The number of nitrogens with two attached hydrogens (primary N) is 1. The molecule has 2 aromatic heterocycles. The maximum atomic E-state index is 8.76. The van der Waals surface area contributed by atoms with Crippen LogP contribution in [-0.4, -0.2) is 14.5 Å². The fraction of sp³-hybridized carbons (Fsp3) is 0. The van der Waals surface area contributed by atoms with Crippen molar-refractivity contribution in [2.45, 2.75) is 0 Å². The zero-order chi connectivity index (χ0) is 9.97. The Kier molecular flexibility index (Phi) is 1.88. The van der Waals surface area contributed by atoms with Gasteiger partial charge in [0, 0.05) is 24.7 Å². The smallest absolute Gasteiger partial charge is 0.217 e. The van der Waals surface area contributed by atoms with Crippen LogP contribution in [0.3, 0.4) is 0 Å². The van der Waals surface area contributed by atoms with Crippen LogP contribution >= 0.6 is 0 Å². The van der Waals surface area contributed by atoms with E-state index < -0.39 is 0 Å². The van der Waals surface area contributed by atoms with Crippen molar-refractivity contribution in [1.29, 1.82) is 5.26 Å². The van der Waals surface area contributed by atoms with Gasteiger partial charge in [-0.05, 0) is 6.07 Å². The standard InChI is InChI=1S/C9H7N5/c10-6-9-13-3-4-14(9)7-1-2-12-8(11)5-7/h1-5H,(H2,11,12). The monoisotopic (exact) mass is 185 g/mol. The Morgan fingerprint density at radius 2 is 2.21 bits per heavy atom. The molecule has 0 saturated heterocycles. The third-order valence-electron chi connectivity index (χ3n) is 1.78. The molecule has 0 spiro atoms. The van der Waals surface area contributed by atoms with Gasteiger partial charge >= 0.3 is 0 Å². The fourth-order valence-electron chi connectivity index (χ4n) is 1.18. The quantitative estimate of drug-likeness (QED) is 0.709. The lowest BCUT2D eigenvalue weighted by atomic mass is 10.4. The molecule has 14 heavy (non-hydrogen) atoms. The van der Waals surface area contributed by atoms with Gasteiger partial charge in [-0.25, -0.2) is 9.97 Å². The summed E-state index contributed by atoms with van der Waals surface area (Å²) in [7, 11) is 0. The highest BCUT2D eigenvalue weighted by molar-refractivity contribution is 5.43. The van der Waals surface area contributed by atoms with E-state index in [1.807, 2.05) is 6.07 Å². The van der Waals surface area contributed by atoms with Crippen molar-refractivity contribution in [2.75, 3.05) is 5.73 Å². The topological polar surface area (TPSA) is 80.5 Å². The lowest BCUT2D eigenvalue weighted by Crippen LogP contribution is -1.98. The van der Waals surface area contributed by atoms with Crippen molar-refractivity contribution in [3.63, 3.8) is 0 Å².